The minimum absolute atomic E-state index is 0.227. The largest absolute Gasteiger partial charge is 0.493 e. The molecule has 2 atom stereocenters. The van der Waals surface area contributed by atoms with Gasteiger partial charge in [0.1, 0.15) is 10.5 Å². The number of imide groups is 1. The van der Waals surface area contributed by atoms with Gasteiger partial charge in [-0.3, -0.25) is 19.9 Å². The highest BCUT2D eigenvalue weighted by molar-refractivity contribution is 8.16. The molecule has 0 bridgehead atoms. The molecular formula is C21H24N2O3S. The molecular weight excluding hydrogens is 360 g/mol. The Labute approximate surface area is 163 Å². The second kappa shape index (κ2) is 8.13. The molecule has 1 unspecified atom stereocenters. The van der Waals surface area contributed by atoms with Gasteiger partial charge in [0, 0.05) is 17.8 Å². The molecule has 6 heteroatoms. The Morgan fingerprint density at radius 3 is 2.48 bits per heavy atom. The van der Waals surface area contributed by atoms with Crippen LogP contribution < -0.4 is 10.1 Å². The van der Waals surface area contributed by atoms with Crippen LogP contribution in [-0.2, 0) is 17.6 Å². The van der Waals surface area contributed by atoms with Gasteiger partial charge in [-0.25, -0.2) is 0 Å². The number of pyridine rings is 1. The van der Waals surface area contributed by atoms with Crippen LogP contribution >= 0.6 is 11.8 Å². The fourth-order valence-electron chi connectivity index (χ4n) is 2.96. The first-order valence-electron chi connectivity index (χ1n) is 9.10. The van der Waals surface area contributed by atoms with E-state index in [1.807, 2.05) is 30.5 Å². The van der Waals surface area contributed by atoms with Crippen molar-refractivity contribution in [1.82, 2.24) is 10.3 Å². The van der Waals surface area contributed by atoms with E-state index in [1.165, 1.54) is 0 Å². The second-order valence-electron chi connectivity index (χ2n) is 7.04. The lowest BCUT2D eigenvalue weighted by Gasteiger charge is -2.18. The van der Waals surface area contributed by atoms with Crippen LogP contribution in [0.1, 0.15) is 43.5 Å². The molecule has 1 saturated heterocycles. The normalized spacial score (nSPS) is 20.4. The lowest BCUT2D eigenvalue weighted by Crippen LogP contribution is -2.35. The fourth-order valence-corrected chi connectivity index (χ4v) is 3.90. The number of amides is 2. The Morgan fingerprint density at radius 1 is 1.19 bits per heavy atom. The Hall–Kier alpha value is -2.34. The molecule has 1 N–H and O–H groups in total. The quantitative estimate of drug-likeness (QED) is 0.778. The van der Waals surface area contributed by atoms with Gasteiger partial charge < -0.3 is 4.74 Å². The average molecular weight is 385 g/mol. The number of ether oxygens (including phenoxy) is 1. The number of carbonyl (C=O) groups excluding carboxylic acids is 2. The molecule has 1 aromatic carbocycles. The molecule has 1 aliphatic heterocycles. The zero-order valence-electron chi connectivity index (χ0n) is 15.8. The van der Waals surface area contributed by atoms with Crippen LogP contribution in [0.4, 0.5) is 4.79 Å². The first-order valence-corrected chi connectivity index (χ1v) is 9.92. The summed E-state index contributed by atoms with van der Waals surface area (Å²) < 4.78 is 5.16. The van der Waals surface area contributed by atoms with E-state index in [1.54, 1.807) is 6.92 Å². The average Bonchev–Trinajstić information content (AvgIpc) is 2.92. The van der Waals surface area contributed by atoms with Gasteiger partial charge in [0.05, 0.1) is 6.61 Å². The molecule has 5 nitrogen and oxygen atoms in total. The number of hydrogen-bond acceptors (Lipinski definition) is 5. The monoisotopic (exact) mass is 384 g/mol. The highest BCUT2D eigenvalue weighted by Crippen LogP contribution is 2.35. The summed E-state index contributed by atoms with van der Waals surface area (Å²) in [6.07, 6.45) is 3.36. The van der Waals surface area contributed by atoms with Crippen molar-refractivity contribution in [3.05, 3.63) is 59.4 Å². The zero-order valence-corrected chi connectivity index (χ0v) is 16.6. The van der Waals surface area contributed by atoms with Gasteiger partial charge >= 0.3 is 0 Å². The summed E-state index contributed by atoms with van der Waals surface area (Å²) in [7, 11) is 0. The summed E-state index contributed by atoms with van der Waals surface area (Å²) in [6.45, 7) is 6.57. The molecule has 0 saturated carbocycles. The maximum Gasteiger partial charge on any atom is 0.286 e. The lowest BCUT2D eigenvalue weighted by atomic mass is 9.99. The summed E-state index contributed by atoms with van der Waals surface area (Å²) in [5.74, 6) is 0.800. The van der Waals surface area contributed by atoms with Gasteiger partial charge in [-0.05, 0) is 60.9 Å². The van der Waals surface area contributed by atoms with Crippen LogP contribution in [0.15, 0.2) is 42.6 Å². The van der Waals surface area contributed by atoms with Gasteiger partial charge in [0.25, 0.3) is 5.24 Å². The van der Waals surface area contributed by atoms with E-state index in [9.17, 15) is 9.59 Å². The third kappa shape index (κ3) is 4.69. The summed E-state index contributed by atoms with van der Waals surface area (Å²) >= 11 is 1.05. The van der Waals surface area contributed by atoms with Crippen LogP contribution in [0.5, 0.6) is 5.75 Å². The van der Waals surface area contributed by atoms with Crippen LogP contribution in [0, 0.1) is 0 Å². The third-order valence-electron chi connectivity index (χ3n) is 4.76. The summed E-state index contributed by atoms with van der Waals surface area (Å²) in [6, 6.07) is 11.9. The molecule has 0 radical (unpaired) electrons. The molecule has 0 spiro atoms. The Balaban J connectivity index is 1.56. The number of nitrogens with one attached hydrogen (secondary N) is 1. The number of carbonyl (C=O) groups is 2. The minimum Gasteiger partial charge on any atom is -0.493 e. The highest BCUT2D eigenvalue weighted by Gasteiger charge is 2.43. The maximum absolute atomic E-state index is 11.9. The number of nitrogens with zero attached hydrogens (tertiary/aromatic N) is 1. The van der Waals surface area contributed by atoms with E-state index in [0.29, 0.717) is 13.0 Å². The minimum atomic E-state index is -0.744. The van der Waals surface area contributed by atoms with Gasteiger partial charge in [-0.1, -0.05) is 32.0 Å². The molecule has 3 rings (SSSR count). The number of thioether (sulfide) groups is 1. The van der Waals surface area contributed by atoms with Crippen molar-refractivity contribution in [3.8, 4) is 5.75 Å². The van der Waals surface area contributed by atoms with E-state index in [4.69, 9.17) is 4.74 Å². The van der Waals surface area contributed by atoms with Crippen molar-refractivity contribution < 1.29 is 14.3 Å². The van der Waals surface area contributed by atoms with E-state index in [2.05, 4.69) is 36.3 Å². The smallest absolute Gasteiger partial charge is 0.286 e. The van der Waals surface area contributed by atoms with Crippen molar-refractivity contribution in [2.45, 2.75) is 44.3 Å². The van der Waals surface area contributed by atoms with E-state index < -0.39 is 4.75 Å². The van der Waals surface area contributed by atoms with Crippen LogP contribution in [-0.4, -0.2) is 27.5 Å². The topological polar surface area (TPSA) is 68.3 Å². The lowest BCUT2D eigenvalue weighted by molar-refractivity contribution is -0.121. The predicted octanol–water partition coefficient (Wildman–Crippen LogP) is 4.11. The molecule has 1 fully saturated rings. The number of rotatable bonds is 7. The first-order chi connectivity index (χ1) is 12.9. The first kappa shape index (κ1) is 19.4. The molecule has 2 amide bonds. The van der Waals surface area contributed by atoms with Gasteiger partial charge in [0.2, 0.25) is 5.91 Å². The zero-order chi connectivity index (χ0) is 19.4. The Morgan fingerprint density at radius 2 is 1.93 bits per heavy atom. The molecule has 0 aliphatic carbocycles. The van der Waals surface area contributed by atoms with Gasteiger partial charge in [-0.15, -0.1) is 0 Å². The molecule has 1 aromatic heterocycles. The van der Waals surface area contributed by atoms with Gasteiger partial charge in [0.15, 0.2) is 0 Å². The summed E-state index contributed by atoms with van der Waals surface area (Å²) in [5, 5.41) is 2.07. The number of hydrogen-bond donors (Lipinski definition) is 1. The standard InChI is InChI=1S/C21H24N2O3S/c1-4-17-8-7-16(12-22-17)14(2)13-26-18-9-5-15(6-10-18)11-21(3)19(24)23-20(25)27-21/h5-10,12,14H,4,11,13H2,1-3H3,(H,23,24,25)/t14-,21?/m1/s1. The number of aromatic nitrogens is 1. The summed E-state index contributed by atoms with van der Waals surface area (Å²) in [4.78, 5) is 27.8. The van der Waals surface area contributed by atoms with Crippen molar-refractivity contribution >= 4 is 22.9 Å². The predicted molar refractivity (Wildman–Crippen MR) is 107 cm³/mol. The van der Waals surface area contributed by atoms with E-state index in [-0.39, 0.29) is 17.1 Å². The molecule has 2 heterocycles. The van der Waals surface area contributed by atoms with Gasteiger partial charge in [-0.2, -0.15) is 0 Å². The van der Waals surface area contributed by atoms with Crippen LogP contribution in [0.2, 0.25) is 0 Å². The maximum atomic E-state index is 11.9. The molecule has 27 heavy (non-hydrogen) atoms. The van der Waals surface area contributed by atoms with Crippen molar-refractivity contribution in [1.29, 1.82) is 0 Å². The Kier molecular flexibility index (Phi) is 5.85. The third-order valence-corrected chi connectivity index (χ3v) is 5.83. The van der Waals surface area contributed by atoms with E-state index >= 15 is 0 Å². The SMILES string of the molecule is CCc1ccc([C@H](C)COc2ccc(CC3(C)SC(=O)NC3=O)cc2)cn1. The van der Waals surface area contributed by atoms with Crippen molar-refractivity contribution in [2.75, 3.05) is 6.61 Å². The molecule has 142 valence electrons. The Bertz CT molecular complexity index is 820. The fraction of sp³-hybridized carbons (Fsp3) is 0.381. The molecule has 2 aromatic rings. The number of aryl methyl sites for hydroxylation is 1. The summed E-state index contributed by atoms with van der Waals surface area (Å²) in [5.41, 5.74) is 3.24. The van der Waals surface area contributed by atoms with Crippen molar-refractivity contribution in [2.24, 2.45) is 0 Å². The van der Waals surface area contributed by atoms with E-state index in [0.717, 1.165) is 40.8 Å². The van der Waals surface area contributed by atoms with Crippen molar-refractivity contribution in [3.63, 3.8) is 0 Å². The molecule has 1 aliphatic rings. The second-order valence-corrected chi connectivity index (χ2v) is 8.52. The van der Waals surface area contributed by atoms with Crippen LogP contribution in [0.3, 0.4) is 0 Å². The number of benzene rings is 1. The highest BCUT2D eigenvalue weighted by atomic mass is 32.2. The van der Waals surface area contributed by atoms with Crippen LogP contribution in [0.25, 0.3) is 0 Å².